The van der Waals surface area contributed by atoms with Crippen molar-refractivity contribution in [3.63, 3.8) is 0 Å². The summed E-state index contributed by atoms with van der Waals surface area (Å²) >= 11 is 5.93. The predicted molar refractivity (Wildman–Crippen MR) is 121 cm³/mol. The third-order valence-electron chi connectivity index (χ3n) is 4.22. The van der Waals surface area contributed by atoms with Crippen molar-refractivity contribution in [2.24, 2.45) is 0 Å². The van der Waals surface area contributed by atoms with Crippen LogP contribution in [0.4, 0.5) is 11.4 Å². The number of hydrogen-bond donors (Lipinski definition) is 2. The summed E-state index contributed by atoms with van der Waals surface area (Å²) in [4.78, 5) is 12.4. The van der Waals surface area contributed by atoms with Gasteiger partial charge >= 0.3 is 0 Å². The van der Waals surface area contributed by atoms with Gasteiger partial charge in [0.1, 0.15) is 16.4 Å². The lowest BCUT2D eigenvalue weighted by Crippen LogP contribution is -2.16. The molecule has 0 spiro atoms. The van der Waals surface area contributed by atoms with Crippen LogP contribution < -0.4 is 19.5 Å². The molecule has 3 aromatic rings. The molecule has 1 amide bonds. The Morgan fingerprint density at radius 3 is 2.35 bits per heavy atom. The van der Waals surface area contributed by atoms with Gasteiger partial charge in [0.25, 0.3) is 15.9 Å². The Hall–Kier alpha value is -3.23. The summed E-state index contributed by atoms with van der Waals surface area (Å²) in [5.74, 6) is 0.350. The largest absolute Gasteiger partial charge is 0.495 e. The second-order valence-corrected chi connectivity index (χ2v) is 8.48. The first-order valence-electron chi connectivity index (χ1n) is 9.33. The molecule has 0 aliphatic carbocycles. The van der Waals surface area contributed by atoms with E-state index in [1.807, 2.05) is 6.92 Å². The minimum Gasteiger partial charge on any atom is -0.495 e. The van der Waals surface area contributed by atoms with Crippen molar-refractivity contribution in [1.82, 2.24) is 0 Å². The molecule has 0 bridgehead atoms. The van der Waals surface area contributed by atoms with Crippen LogP contribution in [0.5, 0.6) is 11.5 Å². The molecule has 31 heavy (non-hydrogen) atoms. The number of benzene rings is 3. The van der Waals surface area contributed by atoms with E-state index in [0.717, 1.165) is 0 Å². The highest BCUT2D eigenvalue weighted by Crippen LogP contribution is 2.29. The van der Waals surface area contributed by atoms with Crippen LogP contribution in [-0.4, -0.2) is 28.0 Å². The van der Waals surface area contributed by atoms with Crippen molar-refractivity contribution in [3.05, 3.63) is 77.3 Å². The fourth-order valence-corrected chi connectivity index (χ4v) is 4.24. The molecular weight excluding hydrogens is 440 g/mol. The van der Waals surface area contributed by atoms with Crippen LogP contribution in [0.3, 0.4) is 0 Å². The van der Waals surface area contributed by atoms with E-state index in [0.29, 0.717) is 28.6 Å². The van der Waals surface area contributed by atoms with Crippen LogP contribution in [-0.2, 0) is 10.0 Å². The van der Waals surface area contributed by atoms with Crippen LogP contribution in [0.25, 0.3) is 0 Å². The highest BCUT2D eigenvalue weighted by molar-refractivity contribution is 7.92. The number of methoxy groups -OCH3 is 1. The van der Waals surface area contributed by atoms with E-state index in [9.17, 15) is 13.2 Å². The molecule has 0 saturated carbocycles. The van der Waals surface area contributed by atoms with Crippen molar-refractivity contribution in [2.45, 2.75) is 11.8 Å². The van der Waals surface area contributed by atoms with E-state index < -0.39 is 15.9 Å². The summed E-state index contributed by atoms with van der Waals surface area (Å²) in [5.41, 5.74) is 0.997. The van der Waals surface area contributed by atoms with E-state index in [4.69, 9.17) is 21.1 Å². The molecule has 0 aliphatic heterocycles. The molecule has 0 unspecified atom stereocenters. The zero-order valence-electron chi connectivity index (χ0n) is 16.9. The molecule has 162 valence electrons. The molecule has 2 N–H and O–H groups in total. The van der Waals surface area contributed by atoms with Crippen molar-refractivity contribution in [3.8, 4) is 11.5 Å². The quantitative estimate of drug-likeness (QED) is 0.503. The van der Waals surface area contributed by atoms with Gasteiger partial charge in [-0.3, -0.25) is 9.52 Å². The second-order valence-electron chi connectivity index (χ2n) is 6.39. The van der Waals surface area contributed by atoms with E-state index >= 15 is 0 Å². The van der Waals surface area contributed by atoms with E-state index in [2.05, 4.69) is 10.0 Å². The number of halogens is 1. The van der Waals surface area contributed by atoms with Crippen LogP contribution in [0.1, 0.15) is 17.3 Å². The Balaban J connectivity index is 1.86. The number of anilines is 2. The summed E-state index contributed by atoms with van der Waals surface area (Å²) in [6.45, 7) is 2.37. The molecule has 0 aromatic heterocycles. The zero-order valence-corrected chi connectivity index (χ0v) is 18.5. The second kappa shape index (κ2) is 9.72. The molecule has 3 rings (SSSR count). The Morgan fingerprint density at radius 1 is 1.00 bits per heavy atom. The lowest BCUT2D eigenvalue weighted by molar-refractivity contribution is 0.102. The summed E-state index contributed by atoms with van der Waals surface area (Å²) in [6, 6.07) is 17.3. The summed E-state index contributed by atoms with van der Waals surface area (Å²) in [7, 11) is -2.63. The molecule has 0 heterocycles. The first kappa shape index (κ1) is 22.5. The smallest absolute Gasteiger partial charge is 0.265 e. The third-order valence-corrected chi connectivity index (χ3v) is 5.85. The minimum absolute atomic E-state index is 0.118. The molecule has 0 radical (unpaired) electrons. The average molecular weight is 461 g/mol. The average Bonchev–Trinajstić information content (AvgIpc) is 2.75. The summed E-state index contributed by atoms with van der Waals surface area (Å²) in [5, 5.41) is 3.09. The number of rotatable bonds is 8. The van der Waals surface area contributed by atoms with Gasteiger partial charge in [-0.1, -0.05) is 17.7 Å². The standard InChI is InChI=1S/C22H21ClN2O5S/c1-3-30-19-10-7-17(8-11-19)25-31(27,28)21-14-18(9-12-20(21)29-2)24-22(26)15-5-4-6-16(23)13-15/h4-14,25H,3H2,1-2H3,(H,24,26). The SMILES string of the molecule is CCOc1ccc(NS(=O)(=O)c2cc(NC(=O)c3cccc(Cl)c3)ccc2OC)cc1. The Labute approximate surface area is 186 Å². The van der Waals surface area contributed by atoms with Gasteiger partial charge in [0.15, 0.2) is 0 Å². The summed E-state index contributed by atoms with van der Waals surface area (Å²) in [6.07, 6.45) is 0. The topological polar surface area (TPSA) is 93.7 Å². The van der Waals surface area contributed by atoms with E-state index in [-0.39, 0.29) is 16.3 Å². The van der Waals surface area contributed by atoms with Crippen LogP contribution in [0, 0.1) is 0 Å². The van der Waals surface area contributed by atoms with E-state index in [1.54, 1.807) is 48.5 Å². The molecule has 7 nitrogen and oxygen atoms in total. The Kier molecular flexibility index (Phi) is 7.04. The number of ether oxygens (including phenoxy) is 2. The highest BCUT2D eigenvalue weighted by atomic mass is 35.5. The van der Waals surface area contributed by atoms with Gasteiger partial charge in [-0.25, -0.2) is 8.42 Å². The van der Waals surface area contributed by atoms with E-state index in [1.165, 1.54) is 25.3 Å². The molecule has 0 saturated heterocycles. The maximum absolute atomic E-state index is 13.0. The zero-order chi connectivity index (χ0) is 22.4. The molecule has 0 fully saturated rings. The molecule has 0 aliphatic rings. The number of nitrogens with one attached hydrogen (secondary N) is 2. The Morgan fingerprint density at radius 2 is 1.71 bits per heavy atom. The van der Waals surface area contributed by atoms with Gasteiger partial charge in [0, 0.05) is 22.0 Å². The van der Waals surface area contributed by atoms with Crippen molar-refractivity contribution in [1.29, 1.82) is 0 Å². The molecule has 0 atom stereocenters. The highest BCUT2D eigenvalue weighted by Gasteiger charge is 2.21. The van der Waals surface area contributed by atoms with Crippen LogP contribution in [0.15, 0.2) is 71.6 Å². The van der Waals surface area contributed by atoms with Crippen LogP contribution >= 0.6 is 11.6 Å². The summed E-state index contributed by atoms with van der Waals surface area (Å²) < 4.78 is 39.1. The number of carbonyl (C=O) groups is 1. The first-order chi connectivity index (χ1) is 14.8. The predicted octanol–water partition coefficient (Wildman–Crippen LogP) is 4.80. The molecular formula is C22H21ClN2O5S. The lowest BCUT2D eigenvalue weighted by Gasteiger charge is -2.14. The van der Waals surface area contributed by atoms with Gasteiger partial charge in [0.2, 0.25) is 0 Å². The fraction of sp³-hybridized carbons (Fsp3) is 0.136. The maximum atomic E-state index is 13.0. The normalized spacial score (nSPS) is 10.9. The van der Waals surface area contributed by atoms with Crippen LogP contribution in [0.2, 0.25) is 5.02 Å². The van der Waals surface area contributed by atoms with Gasteiger partial charge in [-0.05, 0) is 67.6 Å². The van der Waals surface area contributed by atoms with Crippen molar-refractivity contribution < 1.29 is 22.7 Å². The molecule has 3 aromatic carbocycles. The van der Waals surface area contributed by atoms with Gasteiger partial charge < -0.3 is 14.8 Å². The monoisotopic (exact) mass is 460 g/mol. The first-order valence-corrected chi connectivity index (χ1v) is 11.2. The Bertz CT molecular complexity index is 1180. The van der Waals surface area contributed by atoms with Gasteiger partial charge in [0.05, 0.1) is 13.7 Å². The lowest BCUT2D eigenvalue weighted by atomic mass is 10.2. The number of hydrogen-bond acceptors (Lipinski definition) is 5. The molecule has 9 heteroatoms. The minimum atomic E-state index is -4.00. The number of carbonyl (C=O) groups excluding carboxylic acids is 1. The van der Waals surface area contributed by atoms with Gasteiger partial charge in [-0.15, -0.1) is 0 Å². The third kappa shape index (κ3) is 5.68. The number of sulfonamides is 1. The van der Waals surface area contributed by atoms with Crippen molar-refractivity contribution >= 4 is 38.9 Å². The number of amides is 1. The fourth-order valence-electron chi connectivity index (χ4n) is 2.79. The van der Waals surface area contributed by atoms with Crippen molar-refractivity contribution in [2.75, 3.05) is 23.8 Å². The van der Waals surface area contributed by atoms with Gasteiger partial charge in [-0.2, -0.15) is 0 Å². The maximum Gasteiger partial charge on any atom is 0.265 e.